The summed E-state index contributed by atoms with van der Waals surface area (Å²) < 4.78 is 11.6. The van der Waals surface area contributed by atoms with Crippen molar-refractivity contribution in [2.75, 3.05) is 0 Å². The number of allylic oxidation sites excluding steroid dienone is 1. The second-order valence-electron chi connectivity index (χ2n) is 7.55. The number of hydrogen-bond acceptors (Lipinski definition) is 4. The number of para-hydroxylation sites is 1. The van der Waals surface area contributed by atoms with Crippen molar-refractivity contribution < 1.29 is 19.1 Å². The fraction of sp³-hybridized carbons (Fsp3) is 0.154. The predicted molar refractivity (Wildman–Crippen MR) is 126 cm³/mol. The van der Waals surface area contributed by atoms with E-state index < -0.39 is 18.0 Å². The van der Waals surface area contributed by atoms with Gasteiger partial charge in [-0.1, -0.05) is 78.3 Å². The molecule has 3 aromatic rings. The van der Waals surface area contributed by atoms with Crippen molar-refractivity contribution in [3.05, 3.63) is 112 Å². The van der Waals surface area contributed by atoms with Crippen LogP contribution in [-0.4, -0.2) is 12.0 Å². The first-order valence-electron chi connectivity index (χ1n) is 10.5. The SMILES string of the molecule is CC1=C(C(=O)OCc2ccccc2)C(c2ccccc2OCc2ccccc2Cl)NC(=O)N1. The quantitative estimate of drug-likeness (QED) is 0.468. The molecule has 1 atom stereocenters. The Kier molecular flexibility index (Phi) is 6.95. The zero-order valence-corrected chi connectivity index (χ0v) is 18.8. The van der Waals surface area contributed by atoms with E-state index in [-0.39, 0.29) is 13.2 Å². The molecule has 0 saturated carbocycles. The van der Waals surface area contributed by atoms with Crippen molar-refractivity contribution in [1.29, 1.82) is 0 Å². The number of nitrogens with one attached hydrogen (secondary N) is 2. The van der Waals surface area contributed by atoms with Gasteiger partial charge >= 0.3 is 12.0 Å². The van der Waals surface area contributed by atoms with Gasteiger partial charge in [0.15, 0.2) is 0 Å². The summed E-state index contributed by atoms with van der Waals surface area (Å²) in [6.45, 7) is 2.05. The van der Waals surface area contributed by atoms with Crippen LogP contribution in [0.4, 0.5) is 4.79 Å². The van der Waals surface area contributed by atoms with E-state index in [1.807, 2.05) is 66.7 Å². The van der Waals surface area contributed by atoms with Gasteiger partial charge in [0.05, 0.1) is 11.6 Å². The first-order chi connectivity index (χ1) is 16.0. The Morgan fingerprint density at radius 1 is 0.939 bits per heavy atom. The third-order valence-corrected chi connectivity index (χ3v) is 5.64. The molecule has 0 fully saturated rings. The summed E-state index contributed by atoms with van der Waals surface area (Å²) in [7, 11) is 0. The first-order valence-corrected chi connectivity index (χ1v) is 10.8. The van der Waals surface area contributed by atoms with Crippen molar-refractivity contribution in [1.82, 2.24) is 10.6 Å². The van der Waals surface area contributed by atoms with Crippen molar-refractivity contribution in [2.24, 2.45) is 0 Å². The predicted octanol–water partition coefficient (Wildman–Crippen LogP) is 5.29. The molecule has 1 aliphatic rings. The molecule has 0 saturated heterocycles. The summed E-state index contributed by atoms with van der Waals surface area (Å²) in [6.07, 6.45) is 0. The molecule has 2 N–H and O–H groups in total. The molecule has 0 aromatic heterocycles. The standard InChI is InChI=1S/C26H23ClN2O4/c1-17-23(25(30)33-15-18-9-3-2-4-10-18)24(29-26(31)28-17)20-12-6-8-14-22(20)32-16-19-11-5-7-13-21(19)27/h2-14,24H,15-16H2,1H3,(H2,28,29,31). The zero-order chi connectivity index (χ0) is 23.2. The van der Waals surface area contributed by atoms with E-state index in [9.17, 15) is 9.59 Å². The molecule has 1 heterocycles. The molecule has 1 aliphatic heterocycles. The molecule has 1 unspecified atom stereocenters. The van der Waals surface area contributed by atoms with Gasteiger partial charge in [0.2, 0.25) is 0 Å². The van der Waals surface area contributed by atoms with E-state index >= 15 is 0 Å². The normalized spacial score (nSPS) is 15.5. The molecule has 0 bridgehead atoms. The van der Waals surface area contributed by atoms with Crippen molar-refractivity contribution in [3.8, 4) is 5.75 Å². The number of amides is 2. The van der Waals surface area contributed by atoms with E-state index in [1.54, 1.807) is 19.1 Å². The largest absolute Gasteiger partial charge is 0.488 e. The van der Waals surface area contributed by atoms with E-state index in [1.165, 1.54) is 0 Å². The number of hydrogen-bond donors (Lipinski definition) is 2. The number of benzene rings is 3. The number of ether oxygens (including phenoxy) is 2. The molecule has 33 heavy (non-hydrogen) atoms. The van der Waals surface area contributed by atoms with Gasteiger partial charge in [0, 0.05) is 21.8 Å². The molecule has 0 radical (unpaired) electrons. The number of urea groups is 1. The van der Waals surface area contributed by atoms with Crippen LogP contribution in [0.3, 0.4) is 0 Å². The van der Waals surface area contributed by atoms with Crippen LogP contribution in [0.1, 0.15) is 29.7 Å². The Labute approximate surface area is 197 Å². The lowest BCUT2D eigenvalue weighted by atomic mass is 9.95. The number of carbonyl (C=O) groups excluding carboxylic acids is 2. The summed E-state index contributed by atoms with van der Waals surface area (Å²) >= 11 is 6.25. The van der Waals surface area contributed by atoms with Gasteiger partial charge in [-0.15, -0.1) is 0 Å². The van der Waals surface area contributed by atoms with Crippen LogP contribution < -0.4 is 15.4 Å². The highest BCUT2D eigenvalue weighted by molar-refractivity contribution is 6.31. The van der Waals surface area contributed by atoms with Crippen LogP contribution in [0.15, 0.2) is 90.1 Å². The Bertz CT molecular complexity index is 1190. The summed E-state index contributed by atoms with van der Waals surface area (Å²) in [4.78, 5) is 25.4. The van der Waals surface area contributed by atoms with E-state index in [4.69, 9.17) is 21.1 Å². The van der Waals surface area contributed by atoms with Crippen molar-refractivity contribution >= 4 is 23.6 Å². The lowest BCUT2D eigenvalue weighted by Gasteiger charge is -2.29. The molecule has 3 aromatic carbocycles. The molecule has 2 amide bonds. The first kappa shape index (κ1) is 22.4. The van der Waals surface area contributed by atoms with Crippen LogP contribution in [-0.2, 0) is 22.7 Å². The van der Waals surface area contributed by atoms with Crippen LogP contribution in [0.2, 0.25) is 5.02 Å². The van der Waals surface area contributed by atoms with Crippen molar-refractivity contribution in [3.63, 3.8) is 0 Å². The van der Waals surface area contributed by atoms with Gasteiger partial charge < -0.3 is 20.1 Å². The van der Waals surface area contributed by atoms with Gasteiger partial charge in [0.1, 0.15) is 19.0 Å². The molecule has 0 aliphatic carbocycles. The number of esters is 1. The minimum absolute atomic E-state index is 0.127. The van der Waals surface area contributed by atoms with Gasteiger partial charge in [-0.05, 0) is 24.6 Å². The number of halogens is 1. The van der Waals surface area contributed by atoms with Crippen molar-refractivity contribution in [2.45, 2.75) is 26.2 Å². The number of rotatable bonds is 7. The maximum absolute atomic E-state index is 13.1. The summed E-state index contributed by atoms with van der Waals surface area (Å²) in [5, 5.41) is 6.09. The minimum atomic E-state index is -0.732. The van der Waals surface area contributed by atoms with Gasteiger partial charge in [0.25, 0.3) is 0 Å². The van der Waals surface area contributed by atoms with Crippen LogP contribution in [0.25, 0.3) is 0 Å². The minimum Gasteiger partial charge on any atom is -0.488 e. The van der Waals surface area contributed by atoms with Gasteiger partial charge in [-0.25, -0.2) is 9.59 Å². The van der Waals surface area contributed by atoms with E-state index in [0.29, 0.717) is 27.6 Å². The maximum atomic E-state index is 13.1. The summed E-state index contributed by atoms with van der Waals surface area (Å²) in [6, 6.07) is 23.0. The second kappa shape index (κ2) is 10.2. The Hall–Kier alpha value is -3.77. The molecule has 0 spiro atoms. The lowest BCUT2D eigenvalue weighted by Crippen LogP contribution is -2.45. The van der Waals surface area contributed by atoms with Crippen LogP contribution >= 0.6 is 11.6 Å². The molecular weight excluding hydrogens is 440 g/mol. The molecule has 6 nitrogen and oxygen atoms in total. The topological polar surface area (TPSA) is 76.7 Å². The fourth-order valence-corrected chi connectivity index (χ4v) is 3.81. The smallest absolute Gasteiger partial charge is 0.338 e. The van der Waals surface area contributed by atoms with E-state index in [0.717, 1.165) is 11.1 Å². The summed E-state index contributed by atoms with van der Waals surface area (Å²) in [5.41, 5.74) is 3.10. The average Bonchev–Trinajstić information content (AvgIpc) is 2.82. The zero-order valence-electron chi connectivity index (χ0n) is 18.0. The monoisotopic (exact) mass is 462 g/mol. The van der Waals surface area contributed by atoms with Gasteiger partial charge in [-0.2, -0.15) is 0 Å². The lowest BCUT2D eigenvalue weighted by molar-refractivity contribution is -0.140. The molecule has 7 heteroatoms. The Balaban J connectivity index is 1.59. The number of carbonyl (C=O) groups is 2. The average molecular weight is 463 g/mol. The second-order valence-corrected chi connectivity index (χ2v) is 7.96. The third-order valence-electron chi connectivity index (χ3n) is 5.27. The fourth-order valence-electron chi connectivity index (χ4n) is 3.62. The van der Waals surface area contributed by atoms with Gasteiger partial charge in [-0.3, -0.25) is 0 Å². The highest BCUT2D eigenvalue weighted by Crippen LogP contribution is 2.34. The van der Waals surface area contributed by atoms with Crippen LogP contribution in [0.5, 0.6) is 5.75 Å². The van der Waals surface area contributed by atoms with E-state index in [2.05, 4.69) is 10.6 Å². The maximum Gasteiger partial charge on any atom is 0.338 e. The molecule has 4 rings (SSSR count). The highest BCUT2D eigenvalue weighted by Gasteiger charge is 2.34. The molecular formula is C26H23ClN2O4. The summed E-state index contributed by atoms with van der Waals surface area (Å²) in [5.74, 6) is 0.0144. The Morgan fingerprint density at radius 3 is 2.42 bits per heavy atom. The Morgan fingerprint density at radius 2 is 1.64 bits per heavy atom. The molecule has 168 valence electrons. The van der Waals surface area contributed by atoms with Crippen LogP contribution in [0, 0.1) is 0 Å². The third kappa shape index (κ3) is 5.35. The highest BCUT2D eigenvalue weighted by atomic mass is 35.5.